The van der Waals surface area contributed by atoms with Crippen molar-refractivity contribution < 1.29 is 9.25 Å². The van der Waals surface area contributed by atoms with Crippen LogP contribution in [0.2, 0.25) is 0 Å². The van der Waals surface area contributed by atoms with Gasteiger partial charge in [0.05, 0.1) is 18.1 Å². The highest BCUT2D eigenvalue weighted by Crippen LogP contribution is 2.47. The summed E-state index contributed by atoms with van der Waals surface area (Å²) < 4.78 is 5.63. The minimum absolute atomic E-state index is 0.178. The van der Waals surface area contributed by atoms with Gasteiger partial charge in [-0.2, -0.15) is 0 Å². The summed E-state index contributed by atoms with van der Waals surface area (Å²) in [5, 5.41) is 4.58. The number of benzene rings is 2. The first-order chi connectivity index (χ1) is 10.4. The summed E-state index contributed by atoms with van der Waals surface area (Å²) in [5.41, 5.74) is 2.59. The third-order valence-electron chi connectivity index (χ3n) is 4.56. The molecule has 0 radical (unpaired) electrons. The fourth-order valence-corrected chi connectivity index (χ4v) is 3.63. The van der Waals surface area contributed by atoms with Crippen molar-refractivity contribution >= 4 is 16.5 Å². The Balaban J connectivity index is 1.73. The van der Waals surface area contributed by atoms with Gasteiger partial charge < -0.3 is 4.42 Å². The Labute approximate surface area is 122 Å². The zero-order valence-electron chi connectivity index (χ0n) is 11.5. The lowest BCUT2D eigenvalue weighted by molar-refractivity contribution is 0.0731. The van der Waals surface area contributed by atoms with E-state index in [0.717, 1.165) is 18.6 Å². The summed E-state index contributed by atoms with van der Waals surface area (Å²) in [4.78, 5) is 6.14. The van der Waals surface area contributed by atoms with Crippen LogP contribution in [0.5, 0.6) is 0 Å². The molecule has 1 aromatic heterocycles. The number of rotatable bonds is 1. The first-order valence-corrected chi connectivity index (χ1v) is 7.40. The summed E-state index contributed by atoms with van der Waals surface area (Å²) in [6.45, 7) is 0. The maximum Gasteiger partial charge on any atom is 0.128 e. The molecule has 5 rings (SSSR count). The molecule has 104 valence electrons. The molecule has 3 aromatic rings. The Morgan fingerprint density at radius 1 is 1.00 bits per heavy atom. The van der Waals surface area contributed by atoms with E-state index >= 15 is 0 Å². The highest BCUT2D eigenvalue weighted by atomic mass is 16.7. The van der Waals surface area contributed by atoms with E-state index in [2.05, 4.69) is 41.5 Å². The first kappa shape index (κ1) is 11.4. The Morgan fingerprint density at radius 3 is 2.86 bits per heavy atom. The van der Waals surface area contributed by atoms with Crippen LogP contribution < -0.4 is 5.06 Å². The minimum Gasteiger partial charge on any atom is -0.467 e. The Kier molecular flexibility index (Phi) is 2.24. The molecule has 0 amide bonds. The Bertz CT molecular complexity index is 809. The third-order valence-corrected chi connectivity index (χ3v) is 4.56. The molecule has 3 heteroatoms. The molecule has 3 heterocycles. The summed E-state index contributed by atoms with van der Waals surface area (Å²) in [6, 6.07) is 17.1. The maximum absolute atomic E-state index is 6.14. The van der Waals surface area contributed by atoms with Crippen LogP contribution in [-0.2, 0) is 11.3 Å². The lowest BCUT2D eigenvalue weighted by Gasteiger charge is -2.30. The standard InChI is InChI=1S/C18H15NO2/c1-2-5-15-12(4-1)7-8-13-10-14-11-16(17-6-3-9-20-17)19(21-14)18(13)15/h1-9,14,16H,10-11H2/t14-,16-/m0/s1. The van der Waals surface area contributed by atoms with E-state index in [0.29, 0.717) is 0 Å². The van der Waals surface area contributed by atoms with Gasteiger partial charge in [0.15, 0.2) is 0 Å². The van der Waals surface area contributed by atoms with Crippen LogP contribution in [-0.4, -0.2) is 6.10 Å². The molecule has 0 unspecified atom stereocenters. The van der Waals surface area contributed by atoms with E-state index in [9.17, 15) is 0 Å². The van der Waals surface area contributed by atoms with Gasteiger partial charge in [-0.05, 0) is 23.1 Å². The van der Waals surface area contributed by atoms with Crippen LogP contribution >= 0.6 is 0 Å². The average Bonchev–Trinajstić information content (AvgIpc) is 3.15. The van der Waals surface area contributed by atoms with Crippen molar-refractivity contribution in [2.75, 3.05) is 5.06 Å². The Morgan fingerprint density at radius 2 is 1.95 bits per heavy atom. The van der Waals surface area contributed by atoms with Gasteiger partial charge in [-0.15, -0.1) is 0 Å². The van der Waals surface area contributed by atoms with Gasteiger partial charge in [-0.1, -0.05) is 36.4 Å². The highest BCUT2D eigenvalue weighted by Gasteiger charge is 2.42. The zero-order valence-corrected chi connectivity index (χ0v) is 11.5. The van der Waals surface area contributed by atoms with E-state index in [4.69, 9.17) is 9.25 Å². The molecule has 3 nitrogen and oxygen atoms in total. The molecule has 0 spiro atoms. The molecule has 2 aliphatic rings. The molecule has 0 aliphatic carbocycles. The first-order valence-electron chi connectivity index (χ1n) is 7.40. The topological polar surface area (TPSA) is 25.6 Å². The van der Waals surface area contributed by atoms with Crippen molar-refractivity contribution in [2.24, 2.45) is 0 Å². The van der Waals surface area contributed by atoms with Crippen LogP contribution in [0.25, 0.3) is 10.8 Å². The van der Waals surface area contributed by atoms with E-state index in [1.165, 1.54) is 22.0 Å². The van der Waals surface area contributed by atoms with Crippen LogP contribution in [0.4, 0.5) is 5.69 Å². The number of hydrogen-bond acceptors (Lipinski definition) is 3. The van der Waals surface area contributed by atoms with Crippen LogP contribution in [0.1, 0.15) is 23.8 Å². The normalized spacial score (nSPS) is 23.5. The number of hydrogen-bond donors (Lipinski definition) is 0. The molecular weight excluding hydrogens is 262 g/mol. The predicted molar refractivity (Wildman–Crippen MR) is 81.1 cm³/mol. The fraction of sp³-hybridized carbons (Fsp3) is 0.222. The van der Waals surface area contributed by atoms with E-state index in [1.807, 2.05) is 12.1 Å². The lowest BCUT2D eigenvalue weighted by Crippen LogP contribution is -2.27. The zero-order chi connectivity index (χ0) is 13.8. The van der Waals surface area contributed by atoms with E-state index in [-0.39, 0.29) is 12.1 Å². The second-order valence-electron chi connectivity index (χ2n) is 5.82. The minimum atomic E-state index is 0.178. The number of nitrogens with zero attached hydrogens (tertiary/aromatic N) is 1. The SMILES string of the molecule is c1coc([C@@H]2C[C@@H]3Cc4ccc5ccccc5c4N2O3)c1. The van der Waals surface area contributed by atoms with Crippen LogP contribution in [0.3, 0.4) is 0 Å². The highest BCUT2D eigenvalue weighted by molar-refractivity contribution is 5.96. The molecule has 0 N–H and O–H groups in total. The largest absolute Gasteiger partial charge is 0.467 e. The summed E-state index contributed by atoms with van der Waals surface area (Å²) in [7, 11) is 0. The van der Waals surface area contributed by atoms with Crippen LogP contribution in [0, 0.1) is 0 Å². The van der Waals surface area contributed by atoms with E-state index < -0.39 is 0 Å². The second kappa shape index (κ2) is 4.12. The van der Waals surface area contributed by atoms with Crippen molar-refractivity contribution in [3.8, 4) is 0 Å². The maximum atomic E-state index is 6.14. The second-order valence-corrected chi connectivity index (χ2v) is 5.82. The van der Waals surface area contributed by atoms with Crippen LogP contribution in [0.15, 0.2) is 59.2 Å². The van der Waals surface area contributed by atoms with Gasteiger partial charge in [-0.25, -0.2) is 5.06 Å². The van der Waals surface area contributed by atoms with E-state index in [1.54, 1.807) is 6.26 Å². The number of furan rings is 1. The van der Waals surface area contributed by atoms with Gasteiger partial charge in [-0.3, -0.25) is 4.84 Å². The van der Waals surface area contributed by atoms with Gasteiger partial charge >= 0.3 is 0 Å². The summed E-state index contributed by atoms with van der Waals surface area (Å²) >= 11 is 0. The third kappa shape index (κ3) is 1.58. The molecular formula is C18H15NO2. The average molecular weight is 277 g/mol. The van der Waals surface area contributed by atoms with Gasteiger partial charge in [0.25, 0.3) is 0 Å². The monoisotopic (exact) mass is 277 g/mol. The van der Waals surface area contributed by atoms with Gasteiger partial charge in [0.1, 0.15) is 11.8 Å². The Hall–Kier alpha value is -2.26. The number of hydroxylamine groups is 1. The summed E-state index contributed by atoms with van der Waals surface area (Å²) in [5.74, 6) is 0.985. The summed E-state index contributed by atoms with van der Waals surface area (Å²) in [6.07, 6.45) is 3.96. The van der Waals surface area contributed by atoms with Gasteiger partial charge in [0.2, 0.25) is 0 Å². The quantitative estimate of drug-likeness (QED) is 0.665. The van der Waals surface area contributed by atoms with Crippen molar-refractivity contribution in [3.63, 3.8) is 0 Å². The van der Waals surface area contributed by atoms with Crippen molar-refractivity contribution in [1.82, 2.24) is 0 Å². The molecule has 2 aromatic carbocycles. The smallest absolute Gasteiger partial charge is 0.128 e. The molecule has 0 saturated carbocycles. The fourth-order valence-electron chi connectivity index (χ4n) is 3.63. The molecule has 21 heavy (non-hydrogen) atoms. The molecule has 2 bridgehead atoms. The van der Waals surface area contributed by atoms with Crippen molar-refractivity contribution in [2.45, 2.75) is 25.0 Å². The molecule has 1 saturated heterocycles. The number of anilines is 1. The predicted octanol–water partition coefficient (Wildman–Crippen LogP) is 4.24. The molecule has 2 atom stereocenters. The van der Waals surface area contributed by atoms with Crippen molar-refractivity contribution in [1.29, 1.82) is 0 Å². The number of fused-ring (bicyclic) bond motifs is 6. The van der Waals surface area contributed by atoms with Gasteiger partial charge in [0, 0.05) is 18.2 Å². The molecule has 1 fully saturated rings. The molecule has 2 aliphatic heterocycles. The lowest BCUT2D eigenvalue weighted by atomic mass is 9.99. The van der Waals surface area contributed by atoms with Crippen molar-refractivity contribution in [3.05, 3.63) is 66.1 Å².